The van der Waals surface area contributed by atoms with Crippen LogP contribution in [0.15, 0.2) is 36.4 Å². The van der Waals surface area contributed by atoms with Crippen LogP contribution in [-0.2, 0) is 4.79 Å². The summed E-state index contributed by atoms with van der Waals surface area (Å²) in [7, 11) is 1.53. The molecule has 2 aromatic rings. The van der Waals surface area contributed by atoms with Gasteiger partial charge in [-0.2, -0.15) is 0 Å². The lowest BCUT2D eigenvalue weighted by Crippen LogP contribution is -2.39. The zero-order valence-corrected chi connectivity index (χ0v) is 16.3. The standard InChI is InChI=1S/C18H19Cl3N2O2/c1-10(14-6-4-12(19)8-15(14)21)22-11(2)18(24)23-16-9-13(20)5-7-17(16)25-3/h4-11,22H,1-3H3,(H,23,24)/t10-,11-/m1/s1. The van der Waals surface area contributed by atoms with Crippen molar-refractivity contribution in [1.82, 2.24) is 5.32 Å². The summed E-state index contributed by atoms with van der Waals surface area (Å²) in [4.78, 5) is 12.5. The van der Waals surface area contributed by atoms with Crippen LogP contribution in [0.3, 0.4) is 0 Å². The van der Waals surface area contributed by atoms with E-state index in [2.05, 4.69) is 10.6 Å². The van der Waals surface area contributed by atoms with Gasteiger partial charge in [-0.15, -0.1) is 0 Å². The molecule has 1 amide bonds. The van der Waals surface area contributed by atoms with Crippen LogP contribution in [0.4, 0.5) is 5.69 Å². The first kappa shape index (κ1) is 19.9. The Kier molecular flexibility index (Phi) is 6.96. The van der Waals surface area contributed by atoms with Crippen LogP contribution >= 0.6 is 34.8 Å². The molecule has 4 nitrogen and oxygen atoms in total. The zero-order valence-electron chi connectivity index (χ0n) is 14.1. The van der Waals surface area contributed by atoms with Crippen molar-refractivity contribution in [3.05, 3.63) is 57.0 Å². The summed E-state index contributed by atoms with van der Waals surface area (Å²) >= 11 is 18.1. The van der Waals surface area contributed by atoms with Crippen molar-refractivity contribution in [2.24, 2.45) is 0 Å². The molecule has 2 atom stereocenters. The zero-order chi connectivity index (χ0) is 18.6. The summed E-state index contributed by atoms with van der Waals surface area (Å²) in [6.45, 7) is 3.70. The largest absolute Gasteiger partial charge is 0.495 e. The third-order valence-corrected chi connectivity index (χ3v) is 4.54. The fourth-order valence-corrected chi connectivity index (χ4v) is 3.16. The summed E-state index contributed by atoms with van der Waals surface area (Å²) in [5.41, 5.74) is 1.39. The first-order valence-corrected chi connectivity index (χ1v) is 8.80. The topological polar surface area (TPSA) is 50.4 Å². The molecular formula is C18H19Cl3N2O2. The highest BCUT2D eigenvalue weighted by Gasteiger charge is 2.19. The lowest BCUT2D eigenvalue weighted by atomic mass is 10.1. The number of methoxy groups -OCH3 is 1. The maximum atomic E-state index is 12.5. The minimum atomic E-state index is -0.467. The Hall–Kier alpha value is -1.46. The van der Waals surface area contributed by atoms with Gasteiger partial charge in [0.05, 0.1) is 18.8 Å². The van der Waals surface area contributed by atoms with Crippen molar-refractivity contribution in [2.75, 3.05) is 12.4 Å². The molecule has 0 saturated heterocycles. The fraction of sp³-hybridized carbons (Fsp3) is 0.278. The van der Waals surface area contributed by atoms with E-state index in [-0.39, 0.29) is 11.9 Å². The number of carbonyl (C=O) groups is 1. The van der Waals surface area contributed by atoms with E-state index in [1.807, 2.05) is 13.0 Å². The third kappa shape index (κ3) is 5.25. The van der Waals surface area contributed by atoms with Crippen molar-refractivity contribution in [1.29, 1.82) is 0 Å². The van der Waals surface area contributed by atoms with Gasteiger partial charge in [0.15, 0.2) is 0 Å². The molecule has 0 aliphatic heterocycles. The van der Waals surface area contributed by atoms with Crippen LogP contribution in [0.1, 0.15) is 25.5 Å². The average Bonchev–Trinajstić information content (AvgIpc) is 2.54. The normalized spacial score (nSPS) is 13.2. The number of hydrogen-bond donors (Lipinski definition) is 2. The summed E-state index contributed by atoms with van der Waals surface area (Å²) < 4.78 is 5.23. The van der Waals surface area contributed by atoms with Crippen LogP contribution in [0.5, 0.6) is 5.75 Å². The highest BCUT2D eigenvalue weighted by Crippen LogP contribution is 2.28. The lowest BCUT2D eigenvalue weighted by molar-refractivity contribution is -0.117. The van der Waals surface area contributed by atoms with E-state index in [9.17, 15) is 4.79 Å². The van der Waals surface area contributed by atoms with E-state index >= 15 is 0 Å². The minimum Gasteiger partial charge on any atom is -0.495 e. The number of rotatable bonds is 6. The van der Waals surface area contributed by atoms with E-state index in [0.717, 1.165) is 5.56 Å². The molecule has 2 rings (SSSR count). The molecule has 0 bridgehead atoms. The Bertz CT molecular complexity index is 768. The predicted molar refractivity (Wildman–Crippen MR) is 104 cm³/mol. The Morgan fingerprint density at radius 2 is 1.68 bits per heavy atom. The molecule has 0 unspecified atom stereocenters. The molecular weight excluding hydrogens is 383 g/mol. The van der Waals surface area contributed by atoms with E-state index in [1.165, 1.54) is 7.11 Å². The molecule has 2 aromatic carbocycles. The summed E-state index contributed by atoms with van der Waals surface area (Å²) in [6.07, 6.45) is 0. The number of amides is 1. The van der Waals surface area contributed by atoms with Gasteiger partial charge in [-0.3, -0.25) is 10.1 Å². The average molecular weight is 402 g/mol. The van der Waals surface area contributed by atoms with Crippen LogP contribution in [0.2, 0.25) is 15.1 Å². The molecule has 0 spiro atoms. The molecule has 0 aromatic heterocycles. The van der Waals surface area contributed by atoms with Gasteiger partial charge in [-0.25, -0.2) is 0 Å². The molecule has 0 aliphatic carbocycles. The number of halogens is 3. The molecule has 0 saturated carbocycles. The Morgan fingerprint density at radius 3 is 2.32 bits per heavy atom. The van der Waals surface area contributed by atoms with Gasteiger partial charge in [-0.05, 0) is 49.7 Å². The number of hydrogen-bond acceptors (Lipinski definition) is 3. The van der Waals surface area contributed by atoms with Gasteiger partial charge >= 0.3 is 0 Å². The minimum absolute atomic E-state index is 0.133. The van der Waals surface area contributed by atoms with Gasteiger partial charge in [-0.1, -0.05) is 40.9 Å². The van der Waals surface area contributed by atoms with E-state index in [1.54, 1.807) is 37.3 Å². The maximum absolute atomic E-state index is 12.5. The first-order chi connectivity index (χ1) is 11.8. The Labute approximate surface area is 162 Å². The van der Waals surface area contributed by atoms with Gasteiger partial charge < -0.3 is 10.1 Å². The number of anilines is 1. The van der Waals surface area contributed by atoms with Crippen LogP contribution in [-0.4, -0.2) is 19.1 Å². The summed E-state index contributed by atoms with van der Waals surface area (Å²) in [5.74, 6) is 0.330. The highest BCUT2D eigenvalue weighted by atomic mass is 35.5. The van der Waals surface area contributed by atoms with Crippen molar-refractivity contribution in [2.45, 2.75) is 25.9 Å². The lowest BCUT2D eigenvalue weighted by Gasteiger charge is -2.21. The SMILES string of the molecule is COc1ccc(Cl)cc1NC(=O)[C@@H](C)N[C@H](C)c1ccc(Cl)cc1Cl. The van der Waals surface area contributed by atoms with Crippen molar-refractivity contribution in [3.8, 4) is 5.75 Å². The second-order valence-electron chi connectivity index (χ2n) is 5.61. The van der Waals surface area contributed by atoms with Crippen molar-refractivity contribution >= 4 is 46.4 Å². The van der Waals surface area contributed by atoms with E-state index in [0.29, 0.717) is 26.5 Å². The molecule has 7 heteroatoms. The number of benzene rings is 2. The van der Waals surface area contributed by atoms with Gasteiger partial charge in [0.25, 0.3) is 0 Å². The fourth-order valence-electron chi connectivity index (χ4n) is 2.41. The second-order valence-corrected chi connectivity index (χ2v) is 6.89. The van der Waals surface area contributed by atoms with Gasteiger partial charge in [0.1, 0.15) is 5.75 Å². The number of nitrogens with one attached hydrogen (secondary N) is 2. The molecule has 2 N–H and O–H groups in total. The number of carbonyl (C=O) groups excluding carboxylic acids is 1. The van der Waals surface area contributed by atoms with Crippen LogP contribution in [0, 0.1) is 0 Å². The monoisotopic (exact) mass is 400 g/mol. The summed E-state index contributed by atoms with van der Waals surface area (Å²) in [5, 5.41) is 7.67. The van der Waals surface area contributed by atoms with Crippen molar-refractivity contribution < 1.29 is 9.53 Å². The molecule has 0 aliphatic rings. The molecule has 134 valence electrons. The first-order valence-electron chi connectivity index (χ1n) is 7.67. The van der Waals surface area contributed by atoms with Crippen LogP contribution < -0.4 is 15.4 Å². The third-order valence-electron chi connectivity index (χ3n) is 3.74. The number of ether oxygens (including phenoxy) is 1. The smallest absolute Gasteiger partial charge is 0.241 e. The summed E-state index contributed by atoms with van der Waals surface area (Å²) in [6, 6.07) is 9.73. The van der Waals surface area contributed by atoms with Gasteiger partial charge in [0.2, 0.25) is 5.91 Å². The molecule has 0 fully saturated rings. The molecule has 0 radical (unpaired) electrons. The maximum Gasteiger partial charge on any atom is 0.241 e. The molecule has 25 heavy (non-hydrogen) atoms. The quantitative estimate of drug-likeness (QED) is 0.687. The van der Waals surface area contributed by atoms with Crippen LogP contribution in [0.25, 0.3) is 0 Å². The van der Waals surface area contributed by atoms with E-state index in [4.69, 9.17) is 39.5 Å². The Morgan fingerprint density at radius 1 is 1.04 bits per heavy atom. The Balaban J connectivity index is 2.06. The van der Waals surface area contributed by atoms with Crippen molar-refractivity contribution in [3.63, 3.8) is 0 Å². The van der Waals surface area contributed by atoms with E-state index < -0.39 is 6.04 Å². The molecule has 0 heterocycles. The second kappa shape index (κ2) is 8.77. The van der Waals surface area contributed by atoms with Gasteiger partial charge in [0, 0.05) is 21.1 Å². The highest BCUT2D eigenvalue weighted by molar-refractivity contribution is 6.35. The predicted octanol–water partition coefficient (Wildman–Crippen LogP) is 5.33.